The van der Waals surface area contributed by atoms with Crippen LogP contribution in [-0.2, 0) is 0 Å². The SMILES string of the molecule is CCOc1ccc(N2CC(N)CC(c3ccc(OC)cc3)C2)cc1. The van der Waals surface area contributed by atoms with Crippen LogP contribution in [0.4, 0.5) is 5.69 Å². The summed E-state index contributed by atoms with van der Waals surface area (Å²) in [6, 6.07) is 16.8. The Morgan fingerprint density at radius 1 is 1.00 bits per heavy atom. The van der Waals surface area contributed by atoms with Gasteiger partial charge in [-0.2, -0.15) is 0 Å². The van der Waals surface area contributed by atoms with Crippen molar-refractivity contribution < 1.29 is 9.47 Å². The highest BCUT2D eigenvalue weighted by atomic mass is 16.5. The van der Waals surface area contributed by atoms with Crippen molar-refractivity contribution in [2.75, 3.05) is 31.7 Å². The molecule has 128 valence electrons. The van der Waals surface area contributed by atoms with Gasteiger partial charge < -0.3 is 20.1 Å². The maximum absolute atomic E-state index is 6.33. The lowest BCUT2D eigenvalue weighted by atomic mass is 9.88. The van der Waals surface area contributed by atoms with Crippen molar-refractivity contribution in [2.24, 2.45) is 5.73 Å². The zero-order chi connectivity index (χ0) is 16.9. The smallest absolute Gasteiger partial charge is 0.119 e. The quantitative estimate of drug-likeness (QED) is 0.914. The largest absolute Gasteiger partial charge is 0.497 e. The number of methoxy groups -OCH3 is 1. The van der Waals surface area contributed by atoms with E-state index in [-0.39, 0.29) is 6.04 Å². The lowest BCUT2D eigenvalue weighted by Gasteiger charge is -2.38. The van der Waals surface area contributed by atoms with Gasteiger partial charge in [-0.3, -0.25) is 0 Å². The first-order chi connectivity index (χ1) is 11.7. The summed E-state index contributed by atoms with van der Waals surface area (Å²) in [5.41, 5.74) is 8.86. The third-order valence-electron chi connectivity index (χ3n) is 4.58. The van der Waals surface area contributed by atoms with Crippen LogP contribution in [0.3, 0.4) is 0 Å². The number of nitrogens with two attached hydrogens (primary N) is 1. The number of ether oxygens (including phenoxy) is 2. The molecule has 0 aromatic heterocycles. The molecule has 2 aromatic rings. The van der Waals surface area contributed by atoms with Crippen molar-refractivity contribution in [3.8, 4) is 11.5 Å². The molecule has 2 aromatic carbocycles. The van der Waals surface area contributed by atoms with Gasteiger partial charge in [0.05, 0.1) is 13.7 Å². The summed E-state index contributed by atoms with van der Waals surface area (Å²) in [5.74, 6) is 2.24. The predicted octanol–water partition coefficient (Wildman–Crippen LogP) is 3.42. The minimum absolute atomic E-state index is 0.178. The molecule has 1 heterocycles. The van der Waals surface area contributed by atoms with Crippen LogP contribution in [0.5, 0.6) is 11.5 Å². The summed E-state index contributed by atoms with van der Waals surface area (Å²) in [6.07, 6.45) is 1.01. The number of hydrogen-bond acceptors (Lipinski definition) is 4. The second-order valence-electron chi connectivity index (χ2n) is 6.30. The van der Waals surface area contributed by atoms with Crippen LogP contribution in [-0.4, -0.2) is 32.8 Å². The summed E-state index contributed by atoms with van der Waals surface area (Å²) in [4.78, 5) is 2.37. The Morgan fingerprint density at radius 3 is 2.29 bits per heavy atom. The second-order valence-corrected chi connectivity index (χ2v) is 6.30. The molecule has 4 heteroatoms. The molecule has 1 aliphatic heterocycles. The van der Waals surface area contributed by atoms with E-state index in [1.54, 1.807) is 7.11 Å². The molecule has 3 rings (SSSR count). The first-order valence-electron chi connectivity index (χ1n) is 8.57. The molecule has 0 radical (unpaired) electrons. The fraction of sp³-hybridized carbons (Fsp3) is 0.400. The zero-order valence-corrected chi connectivity index (χ0v) is 14.4. The van der Waals surface area contributed by atoms with Gasteiger partial charge in [-0.15, -0.1) is 0 Å². The molecule has 1 saturated heterocycles. The van der Waals surface area contributed by atoms with Gasteiger partial charge in [-0.1, -0.05) is 12.1 Å². The molecule has 0 bridgehead atoms. The monoisotopic (exact) mass is 326 g/mol. The van der Waals surface area contributed by atoms with Crippen molar-refractivity contribution in [3.63, 3.8) is 0 Å². The van der Waals surface area contributed by atoms with E-state index in [0.29, 0.717) is 12.5 Å². The Bertz CT molecular complexity index is 640. The van der Waals surface area contributed by atoms with E-state index < -0.39 is 0 Å². The van der Waals surface area contributed by atoms with Crippen molar-refractivity contribution in [1.29, 1.82) is 0 Å². The molecule has 2 N–H and O–H groups in total. The minimum Gasteiger partial charge on any atom is -0.497 e. The molecule has 2 unspecified atom stereocenters. The van der Waals surface area contributed by atoms with Gasteiger partial charge in [-0.25, -0.2) is 0 Å². The van der Waals surface area contributed by atoms with Crippen molar-refractivity contribution in [2.45, 2.75) is 25.3 Å². The van der Waals surface area contributed by atoms with Crippen molar-refractivity contribution >= 4 is 5.69 Å². The van der Waals surface area contributed by atoms with E-state index in [1.165, 1.54) is 11.3 Å². The molecule has 0 aliphatic carbocycles. The zero-order valence-electron chi connectivity index (χ0n) is 14.4. The Morgan fingerprint density at radius 2 is 1.67 bits per heavy atom. The van der Waals surface area contributed by atoms with Crippen LogP contribution in [0.2, 0.25) is 0 Å². The van der Waals surface area contributed by atoms with Crippen molar-refractivity contribution in [1.82, 2.24) is 0 Å². The molecule has 1 fully saturated rings. The summed E-state index contributed by atoms with van der Waals surface area (Å²) in [5, 5.41) is 0. The van der Waals surface area contributed by atoms with Crippen LogP contribution < -0.4 is 20.1 Å². The topological polar surface area (TPSA) is 47.7 Å². The molecule has 24 heavy (non-hydrogen) atoms. The fourth-order valence-corrected chi connectivity index (χ4v) is 3.39. The third kappa shape index (κ3) is 3.82. The maximum Gasteiger partial charge on any atom is 0.119 e. The number of rotatable bonds is 5. The van der Waals surface area contributed by atoms with Crippen LogP contribution in [0.15, 0.2) is 48.5 Å². The molecule has 1 aliphatic rings. The van der Waals surface area contributed by atoms with Gasteiger partial charge in [-0.05, 0) is 55.3 Å². The van der Waals surface area contributed by atoms with Crippen molar-refractivity contribution in [3.05, 3.63) is 54.1 Å². The molecule has 4 nitrogen and oxygen atoms in total. The number of anilines is 1. The lowest BCUT2D eigenvalue weighted by molar-refractivity contribution is 0.340. The Balaban J connectivity index is 1.74. The first-order valence-corrected chi connectivity index (χ1v) is 8.57. The van der Waals surface area contributed by atoms with Gasteiger partial charge in [0, 0.05) is 30.7 Å². The Hall–Kier alpha value is -2.20. The first kappa shape index (κ1) is 16.7. The molecule has 2 atom stereocenters. The van der Waals surface area contributed by atoms with Crippen LogP contribution >= 0.6 is 0 Å². The molecular weight excluding hydrogens is 300 g/mol. The summed E-state index contributed by atoms with van der Waals surface area (Å²) in [7, 11) is 1.69. The second kappa shape index (κ2) is 7.58. The number of hydrogen-bond donors (Lipinski definition) is 1. The van der Waals surface area contributed by atoms with E-state index >= 15 is 0 Å². The maximum atomic E-state index is 6.33. The summed E-state index contributed by atoms with van der Waals surface area (Å²) >= 11 is 0. The highest BCUT2D eigenvalue weighted by Gasteiger charge is 2.26. The van der Waals surface area contributed by atoms with Crippen LogP contribution in [0.25, 0.3) is 0 Å². The summed E-state index contributed by atoms with van der Waals surface area (Å²) < 4.78 is 10.8. The number of nitrogens with zero attached hydrogens (tertiary/aromatic N) is 1. The molecule has 0 saturated carbocycles. The Labute approximate surface area is 144 Å². The number of piperidine rings is 1. The predicted molar refractivity (Wildman–Crippen MR) is 98.2 cm³/mol. The summed E-state index contributed by atoms with van der Waals surface area (Å²) in [6.45, 7) is 4.55. The minimum atomic E-state index is 0.178. The fourth-order valence-electron chi connectivity index (χ4n) is 3.39. The van der Waals surface area contributed by atoms with E-state index in [1.807, 2.05) is 31.2 Å². The molecule has 0 amide bonds. The van der Waals surface area contributed by atoms with Crippen LogP contribution in [0, 0.1) is 0 Å². The van der Waals surface area contributed by atoms with Gasteiger partial charge >= 0.3 is 0 Å². The van der Waals surface area contributed by atoms with Gasteiger partial charge in [0.25, 0.3) is 0 Å². The van der Waals surface area contributed by atoms with Gasteiger partial charge in [0.2, 0.25) is 0 Å². The molecule has 0 spiro atoms. The average molecular weight is 326 g/mol. The van der Waals surface area contributed by atoms with Crippen LogP contribution in [0.1, 0.15) is 24.8 Å². The normalized spacial score (nSPS) is 20.7. The van der Waals surface area contributed by atoms with E-state index in [9.17, 15) is 0 Å². The van der Waals surface area contributed by atoms with E-state index in [4.69, 9.17) is 15.2 Å². The van der Waals surface area contributed by atoms with E-state index in [0.717, 1.165) is 31.0 Å². The van der Waals surface area contributed by atoms with E-state index in [2.05, 4.69) is 29.2 Å². The van der Waals surface area contributed by atoms with Gasteiger partial charge in [0.15, 0.2) is 0 Å². The third-order valence-corrected chi connectivity index (χ3v) is 4.58. The Kier molecular flexibility index (Phi) is 5.26. The highest BCUT2D eigenvalue weighted by molar-refractivity contribution is 5.50. The average Bonchev–Trinajstić information content (AvgIpc) is 2.62. The highest BCUT2D eigenvalue weighted by Crippen LogP contribution is 2.31. The standard InChI is InChI=1S/C20H26N2O2/c1-3-24-20-10-6-18(7-11-20)22-13-16(12-17(21)14-22)15-4-8-19(23-2)9-5-15/h4-11,16-17H,3,12-14,21H2,1-2H3. The molecular formula is C20H26N2O2. The van der Waals surface area contributed by atoms with Gasteiger partial charge in [0.1, 0.15) is 11.5 Å². The number of benzene rings is 2. The lowest BCUT2D eigenvalue weighted by Crippen LogP contribution is -2.46.